The van der Waals surface area contributed by atoms with E-state index in [4.69, 9.17) is 22.5 Å². The molecule has 6 heteroatoms. The quantitative estimate of drug-likeness (QED) is 0.342. The summed E-state index contributed by atoms with van der Waals surface area (Å²) >= 11 is 6.04. The summed E-state index contributed by atoms with van der Waals surface area (Å²) in [4.78, 5) is 2.09. The molecule has 4 N–H and O–H groups in total. The number of hydrogen-bond donors (Lipinski definition) is 3. The normalized spacial score (nSPS) is 20.6. The summed E-state index contributed by atoms with van der Waals surface area (Å²) in [6.07, 6.45) is 3.08. The van der Waals surface area contributed by atoms with Crippen molar-refractivity contribution in [3.05, 3.63) is 28.8 Å². The molecule has 1 aliphatic rings. The molecular formula is C13H18ClN3O2. The van der Waals surface area contributed by atoms with Crippen LogP contribution in [0.2, 0.25) is 5.02 Å². The first-order valence-corrected chi connectivity index (χ1v) is 6.70. The molecule has 1 unspecified atom stereocenters. The molecule has 2 rings (SSSR count). The smallest absolute Gasteiger partial charge is 0.172 e. The summed E-state index contributed by atoms with van der Waals surface area (Å²) in [7, 11) is 0. The van der Waals surface area contributed by atoms with Crippen molar-refractivity contribution in [3.8, 4) is 0 Å². The van der Waals surface area contributed by atoms with Crippen LogP contribution in [-0.2, 0) is 0 Å². The largest absolute Gasteiger partial charge is 0.409 e. The third kappa shape index (κ3) is 2.93. The predicted octanol–water partition coefficient (Wildman–Crippen LogP) is 1.79. The average molecular weight is 284 g/mol. The van der Waals surface area contributed by atoms with Gasteiger partial charge >= 0.3 is 0 Å². The molecule has 1 aliphatic heterocycles. The van der Waals surface area contributed by atoms with Gasteiger partial charge < -0.3 is 20.9 Å². The fourth-order valence-electron chi connectivity index (χ4n) is 2.52. The minimum Gasteiger partial charge on any atom is -0.409 e. The number of hydrogen-bond acceptors (Lipinski definition) is 4. The van der Waals surface area contributed by atoms with Crippen LogP contribution in [0.25, 0.3) is 0 Å². The number of aliphatic hydroxyl groups is 1. The average Bonchev–Trinajstić information content (AvgIpc) is 2.46. The standard InChI is InChI=1S/C13H18ClN3O2/c14-9-4-5-11(13(15)16-19)12(7-9)17-6-2-1-3-10(17)8-18/h4-5,7,10,18-19H,1-3,6,8H2,(H2,15,16). The highest BCUT2D eigenvalue weighted by Crippen LogP contribution is 2.30. The Morgan fingerprint density at radius 3 is 2.95 bits per heavy atom. The second-order valence-electron chi connectivity index (χ2n) is 4.67. The summed E-state index contributed by atoms with van der Waals surface area (Å²) in [5.74, 6) is 0.0499. The van der Waals surface area contributed by atoms with Crippen molar-refractivity contribution in [2.24, 2.45) is 10.9 Å². The highest BCUT2D eigenvalue weighted by atomic mass is 35.5. The molecule has 19 heavy (non-hydrogen) atoms. The molecule has 1 aromatic carbocycles. The zero-order valence-electron chi connectivity index (χ0n) is 10.6. The van der Waals surface area contributed by atoms with Crippen molar-refractivity contribution in [2.45, 2.75) is 25.3 Å². The maximum absolute atomic E-state index is 9.49. The number of amidine groups is 1. The maximum atomic E-state index is 9.49. The second kappa shape index (κ2) is 6.12. The van der Waals surface area contributed by atoms with E-state index < -0.39 is 0 Å². The molecule has 1 heterocycles. The molecule has 0 spiro atoms. The van der Waals surface area contributed by atoms with Crippen LogP contribution >= 0.6 is 11.6 Å². The van der Waals surface area contributed by atoms with E-state index in [1.165, 1.54) is 0 Å². The molecule has 0 aliphatic carbocycles. The predicted molar refractivity (Wildman–Crippen MR) is 76.0 cm³/mol. The zero-order chi connectivity index (χ0) is 13.8. The minimum atomic E-state index is 0.0499. The van der Waals surface area contributed by atoms with Crippen LogP contribution in [0.4, 0.5) is 5.69 Å². The maximum Gasteiger partial charge on any atom is 0.172 e. The van der Waals surface area contributed by atoms with Crippen molar-refractivity contribution >= 4 is 23.1 Å². The number of aliphatic hydroxyl groups excluding tert-OH is 1. The Hall–Kier alpha value is -1.46. The third-order valence-electron chi connectivity index (χ3n) is 3.49. The molecule has 1 atom stereocenters. The lowest BCUT2D eigenvalue weighted by Gasteiger charge is -2.37. The molecule has 0 bridgehead atoms. The van der Waals surface area contributed by atoms with Crippen molar-refractivity contribution in [2.75, 3.05) is 18.1 Å². The van der Waals surface area contributed by atoms with Crippen LogP contribution in [0.1, 0.15) is 24.8 Å². The molecule has 5 nitrogen and oxygen atoms in total. The van der Waals surface area contributed by atoms with E-state index in [1.54, 1.807) is 18.2 Å². The zero-order valence-corrected chi connectivity index (χ0v) is 11.3. The first kappa shape index (κ1) is 14.0. The van der Waals surface area contributed by atoms with Gasteiger partial charge in [-0.15, -0.1) is 0 Å². The van der Waals surface area contributed by atoms with Crippen molar-refractivity contribution in [1.29, 1.82) is 0 Å². The van der Waals surface area contributed by atoms with E-state index in [-0.39, 0.29) is 18.5 Å². The first-order valence-electron chi connectivity index (χ1n) is 6.32. The van der Waals surface area contributed by atoms with E-state index in [1.807, 2.05) is 0 Å². The van der Waals surface area contributed by atoms with Crippen molar-refractivity contribution < 1.29 is 10.3 Å². The Kier molecular flexibility index (Phi) is 4.50. The highest BCUT2D eigenvalue weighted by Gasteiger charge is 2.24. The van der Waals surface area contributed by atoms with E-state index in [9.17, 15) is 5.11 Å². The summed E-state index contributed by atoms with van der Waals surface area (Å²) in [6.45, 7) is 0.916. The van der Waals surface area contributed by atoms with Crippen molar-refractivity contribution in [1.82, 2.24) is 0 Å². The summed E-state index contributed by atoms with van der Waals surface area (Å²) in [5, 5.41) is 22.0. The lowest BCUT2D eigenvalue weighted by atomic mass is 10.00. The second-order valence-corrected chi connectivity index (χ2v) is 5.11. The van der Waals surface area contributed by atoms with E-state index >= 15 is 0 Å². The molecule has 1 aromatic rings. The molecule has 0 saturated carbocycles. The molecule has 1 saturated heterocycles. The Morgan fingerprint density at radius 2 is 2.26 bits per heavy atom. The SMILES string of the molecule is N/C(=N/O)c1ccc(Cl)cc1N1CCCCC1CO. The topological polar surface area (TPSA) is 82.1 Å². The number of piperidine rings is 1. The van der Waals surface area contributed by atoms with Crippen LogP contribution in [0.3, 0.4) is 0 Å². The van der Waals surface area contributed by atoms with Gasteiger partial charge in [0.1, 0.15) is 0 Å². The summed E-state index contributed by atoms with van der Waals surface area (Å²) < 4.78 is 0. The Labute approximate surface area is 117 Å². The number of rotatable bonds is 3. The van der Waals surface area contributed by atoms with Gasteiger partial charge in [0.2, 0.25) is 0 Å². The van der Waals surface area contributed by atoms with Crippen LogP contribution in [0, 0.1) is 0 Å². The third-order valence-corrected chi connectivity index (χ3v) is 3.73. The monoisotopic (exact) mass is 283 g/mol. The number of oxime groups is 1. The van der Waals surface area contributed by atoms with Gasteiger partial charge in [-0.1, -0.05) is 16.8 Å². The van der Waals surface area contributed by atoms with Gasteiger partial charge in [0.25, 0.3) is 0 Å². The number of nitrogens with zero attached hydrogens (tertiary/aromatic N) is 2. The fraction of sp³-hybridized carbons (Fsp3) is 0.462. The van der Waals surface area contributed by atoms with Crippen LogP contribution in [0.15, 0.2) is 23.4 Å². The first-order chi connectivity index (χ1) is 9.17. The van der Waals surface area contributed by atoms with Crippen LogP contribution in [-0.4, -0.2) is 35.3 Å². The molecule has 0 amide bonds. The lowest BCUT2D eigenvalue weighted by molar-refractivity contribution is 0.240. The van der Waals surface area contributed by atoms with E-state index in [2.05, 4.69) is 10.1 Å². The summed E-state index contributed by atoms with van der Waals surface area (Å²) in [6, 6.07) is 5.28. The van der Waals surface area contributed by atoms with Gasteiger partial charge in [-0.2, -0.15) is 0 Å². The molecule has 0 radical (unpaired) electrons. The van der Waals surface area contributed by atoms with Gasteiger partial charge in [0.15, 0.2) is 5.84 Å². The Balaban J connectivity index is 2.44. The van der Waals surface area contributed by atoms with Gasteiger partial charge in [0.05, 0.1) is 12.6 Å². The van der Waals surface area contributed by atoms with E-state index in [0.29, 0.717) is 10.6 Å². The molecule has 104 valence electrons. The number of halogens is 1. The fourth-order valence-corrected chi connectivity index (χ4v) is 2.69. The van der Waals surface area contributed by atoms with Gasteiger partial charge in [0, 0.05) is 22.8 Å². The molecule has 1 fully saturated rings. The van der Waals surface area contributed by atoms with Crippen LogP contribution in [0.5, 0.6) is 0 Å². The Morgan fingerprint density at radius 1 is 1.47 bits per heavy atom. The van der Waals surface area contributed by atoms with Gasteiger partial charge in [-0.3, -0.25) is 0 Å². The van der Waals surface area contributed by atoms with Gasteiger partial charge in [-0.25, -0.2) is 0 Å². The lowest BCUT2D eigenvalue weighted by Crippen LogP contribution is -2.43. The summed E-state index contributed by atoms with van der Waals surface area (Å²) in [5.41, 5.74) is 7.15. The van der Waals surface area contributed by atoms with Crippen LogP contribution < -0.4 is 10.6 Å². The Bertz CT molecular complexity index is 479. The highest BCUT2D eigenvalue weighted by molar-refractivity contribution is 6.31. The molecule has 0 aromatic heterocycles. The number of benzene rings is 1. The number of anilines is 1. The molecular weight excluding hydrogens is 266 g/mol. The van der Waals surface area contributed by atoms with Gasteiger partial charge in [-0.05, 0) is 37.5 Å². The number of nitrogens with two attached hydrogens (primary N) is 1. The van der Waals surface area contributed by atoms with Crippen molar-refractivity contribution in [3.63, 3.8) is 0 Å². The van der Waals surface area contributed by atoms with E-state index in [0.717, 1.165) is 31.5 Å². The minimum absolute atomic E-state index is 0.0499.